The van der Waals surface area contributed by atoms with Crippen molar-refractivity contribution in [1.82, 2.24) is 15.2 Å². The zero-order chi connectivity index (χ0) is 17.3. The normalized spacial score (nSPS) is 10.8. The van der Waals surface area contributed by atoms with E-state index >= 15 is 0 Å². The Kier molecular flexibility index (Phi) is 4.22. The molecule has 2 N–H and O–H groups in total. The number of H-pyrrole nitrogens is 1. The third-order valence-electron chi connectivity index (χ3n) is 3.52. The summed E-state index contributed by atoms with van der Waals surface area (Å²) in [5.41, 5.74) is 1.74. The number of carbonyl (C=O) groups excluding carboxylic acids is 2. The second kappa shape index (κ2) is 6.32. The molecule has 0 bridgehead atoms. The van der Waals surface area contributed by atoms with Crippen LogP contribution in [0.4, 0.5) is 0 Å². The zero-order valence-electron chi connectivity index (χ0n) is 13.1. The molecule has 0 saturated carbocycles. The minimum absolute atomic E-state index is 0.197. The molecule has 0 aliphatic carbocycles. The first-order valence-corrected chi connectivity index (χ1v) is 7.58. The molecule has 0 aliphatic rings. The van der Waals surface area contributed by atoms with Crippen LogP contribution in [0.5, 0.6) is 0 Å². The van der Waals surface area contributed by atoms with E-state index in [1.165, 1.54) is 11.9 Å². The SMILES string of the molecule is CNC(=O)c1ccc(CN(C)C(=O)c2ccc3[nH]c(=S)oc3c2)o1. The minimum Gasteiger partial charge on any atom is -0.454 e. The molecular weight excluding hydrogens is 330 g/mol. The van der Waals surface area contributed by atoms with Gasteiger partial charge in [0.2, 0.25) is 0 Å². The molecule has 2 amide bonds. The topological polar surface area (TPSA) is 91.5 Å². The van der Waals surface area contributed by atoms with Crippen molar-refractivity contribution in [2.75, 3.05) is 14.1 Å². The van der Waals surface area contributed by atoms with Gasteiger partial charge in [0.05, 0.1) is 12.1 Å². The van der Waals surface area contributed by atoms with Gasteiger partial charge in [-0.2, -0.15) is 0 Å². The fourth-order valence-electron chi connectivity index (χ4n) is 2.31. The number of hydrogen-bond acceptors (Lipinski definition) is 5. The second-order valence-electron chi connectivity index (χ2n) is 5.23. The fourth-order valence-corrected chi connectivity index (χ4v) is 2.51. The van der Waals surface area contributed by atoms with E-state index in [2.05, 4.69) is 10.3 Å². The molecule has 2 aromatic heterocycles. The van der Waals surface area contributed by atoms with Crippen LogP contribution in [0.15, 0.2) is 39.2 Å². The number of nitrogens with zero attached hydrogens (tertiary/aromatic N) is 1. The number of amides is 2. The van der Waals surface area contributed by atoms with Crippen molar-refractivity contribution < 1.29 is 18.4 Å². The average molecular weight is 345 g/mol. The first kappa shape index (κ1) is 16.0. The molecule has 124 valence electrons. The number of oxazole rings is 1. The van der Waals surface area contributed by atoms with Crippen molar-refractivity contribution in [3.05, 3.63) is 52.3 Å². The van der Waals surface area contributed by atoms with Crippen LogP contribution in [0.1, 0.15) is 26.7 Å². The largest absolute Gasteiger partial charge is 0.454 e. The average Bonchev–Trinajstić information content (AvgIpc) is 3.17. The highest BCUT2D eigenvalue weighted by molar-refractivity contribution is 7.71. The Morgan fingerprint density at radius 3 is 2.79 bits per heavy atom. The van der Waals surface area contributed by atoms with Crippen LogP contribution >= 0.6 is 12.2 Å². The highest BCUT2D eigenvalue weighted by Crippen LogP contribution is 2.18. The van der Waals surface area contributed by atoms with E-state index in [1.807, 2.05) is 0 Å². The summed E-state index contributed by atoms with van der Waals surface area (Å²) in [6.07, 6.45) is 0. The lowest BCUT2D eigenvalue weighted by molar-refractivity contribution is 0.0774. The molecular formula is C16H15N3O4S. The second-order valence-corrected chi connectivity index (χ2v) is 5.60. The van der Waals surface area contributed by atoms with Crippen molar-refractivity contribution in [1.29, 1.82) is 0 Å². The van der Waals surface area contributed by atoms with Crippen LogP contribution in [-0.4, -0.2) is 35.8 Å². The maximum Gasteiger partial charge on any atom is 0.286 e. The van der Waals surface area contributed by atoms with Crippen LogP contribution < -0.4 is 5.32 Å². The van der Waals surface area contributed by atoms with E-state index < -0.39 is 0 Å². The molecule has 0 spiro atoms. The quantitative estimate of drug-likeness (QED) is 0.710. The van der Waals surface area contributed by atoms with Crippen LogP contribution in [0.3, 0.4) is 0 Å². The van der Waals surface area contributed by atoms with Crippen molar-refractivity contribution in [3.63, 3.8) is 0 Å². The van der Waals surface area contributed by atoms with Gasteiger partial charge in [0.25, 0.3) is 16.7 Å². The number of fused-ring (bicyclic) bond motifs is 1. The fraction of sp³-hybridized carbons (Fsp3) is 0.188. The number of rotatable bonds is 4. The smallest absolute Gasteiger partial charge is 0.286 e. The molecule has 0 aliphatic heterocycles. The number of aromatic nitrogens is 1. The number of carbonyl (C=O) groups is 2. The van der Waals surface area contributed by atoms with Gasteiger partial charge >= 0.3 is 0 Å². The Morgan fingerprint density at radius 2 is 2.04 bits per heavy atom. The predicted molar refractivity (Wildman–Crippen MR) is 89.3 cm³/mol. The van der Waals surface area contributed by atoms with E-state index in [0.717, 1.165) is 5.52 Å². The summed E-state index contributed by atoms with van der Waals surface area (Å²) >= 11 is 4.93. The number of aromatic amines is 1. The maximum atomic E-state index is 12.5. The Balaban J connectivity index is 1.76. The lowest BCUT2D eigenvalue weighted by Crippen LogP contribution is -2.26. The van der Waals surface area contributed by atoms with Gasteiger partial charge in [-0.25, -0.2) is 0 Å². The first-order valence-electron chi connectivity index (χ1n) is 7.17. The van der Waals surface area contributed by atoms with Gasteiger partial charge in [-0.15, -0.1) is 0 Å². The molecule has 3 aromatic rings. The molecule has 2 heterocycles. The van der Waals surface area contributed by atoms with Crippen molar-refractivity contribution in [2.24, 2.45) is 0 Å². The van der Waals surface area contributed by atoms with Gasteiger partial charge in [-0.1, -0.05) is 0 Å². The summed E-state index contributed by atoms with van der Waals surface area (Å²) < 4.78 is 10.7. The first-order chi connectivity index (χ1) is 11.5. The third kappa shape index (κ3) is 3.09. The van der Waals surface area contributed by atoms with E-state index in [0.29, 0.717) is 16.9 Å². The molecule has 8 heteroatoms. The van der Waals surface area contributed by atoms with Crippen LogP contribution in [0.25, 0.3) is 11.1 Å². The summed E-state index contributed by atoms with van der Waals surface area (Å²) in [6.45, 7) is 0.241. The maximum absolute atomic E-state index is 12.5. The summed E-state index contributed by atoms with van der Waals surface area (Å²) in [5, 5.41) is 2.48. The lowest BCUT2D eigenvalue weighted by atomic mass is 10.2. The molecule has 0 radical (unpaired) electrons. The number of nitrogens with one attached hydrogen (secondary N) is 2. The molecule has 0 unspecified atom stereocenters. The Hall–Kier alpha value is -2.87. The highest BCUT2D eigenvalue weighted by atomic mass is 32.1. The zero-order valence-corrected chi connectivity index (χ0v) is 13.9. The molecule has 7 nitrogen and oxygen atoms in total. The van der Waals surface area contributed by atoms with Crippen LogP contribution in [0.2, 0.25) is 0 Å². The van der Waals surface area contributed by atoms with Gasteiger partial charge in [-0.05, 0) is 42.5 Å². The molecule has 24 heavy (non-hydrogen) atoms. The standard InChI is InChI=1S/C16H15N3O4S/c1-17-14(20)12-6-4-10(22-12)8-19(2)15(21)9-3-5-11-13(7-9)23-16(24)18-11/h3-7H,8H2,1-2H3,(H,17,20)(H,18,24). The van der Waals surface area contributed by atoms with Gasteiger partial charge in [0, 0.05) is 19.7 Å². The molecule has 3 rings (SSSR count). The van der Waals surface area contributed by atoms with Gasteiger partial charge in [0.15, 0.2) is 11.3 Å². The minimum atomic E-state index is -0.311. The van der Waals surface area contributed by atoms with E-state index in [9.17, 15) is 9.59 Å². The van der Waals surface area contributed by atoms with Crippen LogP contribution in [0, 0.1) is 4.84 Å². The van der Waals surface area contributed by atoms with Crippen molar-refractivity contribution >= 4 is 35.1 Å². The predicted octanol–water partition coefficient (Wildman–Crippen LogP) is 2.72. The number of hydrogen-bond donors (Lipinski definition) is 2. The molecule has 1 aromatic carbocycles. The molecule has 0 fully saturated rings. The summed E-state index contributed by atoms with van der Waals surface area (Å²) in [4.78, 5) is 28.7. The Labute approximate surface area is 142 Å². The van der Waals surface area contributed by atoms with Crippen LogP contribution in [-0.2, 0) is 6.54 Å². The van der Waals surface area contributed by atoms with E-state index in [-0.39, 0.29) is 29.0 Å². The summed E-state index contributed by atoms with van der Waals surface area (Å²) in [5.74, 6) is 0.218. The number of furan rings is 1. The monoisotopic (exact) mass is 345 g/mol. The summed E-state index contributed by atoms with van der Waals surface area (Å²) in [7, 11) is 3.18. The van der Waals surface area contributed by atoms with Gasteiger partial charge < -0.3 is 24.0 Å². The van der Waals surface area contributed by atoms with Gasteiger partial charge in [-0.3, -0.25) is 9.59 Å². The Morgan fingerprint density at radius 1 is 1.25 bits per heavy atom. The highest BCUT2D eigenvalue weighted by Gasteiger charge is 2.16. The van der Waals surface area contributed by atoms with E-state index in [1.54, 1.807) is 37.4 Å². The number of benzene rings is 1. The van der Waals surface area contributed by atoms with Gasteiger partial charge in [0.1, 0.15) is 5.76 Å². The summed E-state index contributed by atoms with van der Waals surface area (Å²) in [6, 6.07) is 8.32. The molecule has 0 atom stereocenters. The van der Waals surface area contributed by atoms with Crippen molar-refractivity contribution in [3.8, 4) is 0 Å². The van der Waals surface area contributed by atoms with E-state index in [4.69, 9.17) is 21.1 Å². The Bertz CT molecular complexity index is 969. The van der Waals surface area contributed by atoms with Crippen molar-refractivity contribution in [2.45, 2.75) is 6.54 Å². The lowest BCUT2D eigenvalue weighted by Gasteiger charge is -2.15. The third-order valence-corrected chi connectivity index (χ3v) is 3.71. The molecule has 0 saturated heterocycles.